The van der Waals surface area contributed by atoms with E-state index in [0.717, 1.165) is 22.1 Å². The highest BCUT2D eigenvalue weighted by Crippen LogP contribution is 2.34. The first-order chi connectivity index (χ1) is 7.88. The van der Waals surface area contributed by atoms with Gasteiger partial charge in [0, 0.05) is 11.1 Å². The van der Waals surface area contributed by atoms with Crippen molar-refractivity contribution in [2.75, 3.05) is 5.32 Å². The fourth-order valence-electron chi connectivity index (χ4n) is 1.93. The predicted molar refractivity (Wildman–Crippen MR) is 64.3 cm³/mol. The Hall–Kier alpha value is -2.45. The van der Waals surface area contributed by atoms with Crippen LogP contribution in [0.5, 0.6) is 0 Å². The van der Waals surface area contributed by atoms with Crippen LogP contribution in [0.1, 0.15) is 0 Å². The van der Waals surface area contributed by atoms with Crippen molar-refractivity contribution in [1.29, 1.82) is 0 Å². The molecule has 0 saturated heterocycles. The van der Waals surface area contributed by atoms with Crippen LogP contribution < -0.4 is 5.32 Å². The average Bonchev–Trinajstić information content (AvgIpc) is 2.30. The van der Waals surface area contributed by atoms with Gasteiger partial charge in [0.1, 0.15) is 0 Å². The van der Waals surface area contributed by atoms with Crippen LogP contribution in [0.25, 0.3) is 16.3 Å². The van der Waals surface area contributed by atoms with Gasteiger partial charge in [0.15, 0.2) is 0 Å². The molecule has 0 unspecified atom stereocenters. The van der Waals surface area contributed by atoms with E-state index in [1.807, 2.05) is 36.4 Å². The number of hydrogen-bond donors (Lipinski definition) is 1. The molecule has 0 fully saturated rings. The van der Waals surface area contributed by atoms with Crippen molar-refractivity contribution in [2.24, 2.45) is 4.99 Å². The zero-order chi connectivity index (χ0) is 11.0. The van der Waals surface area contributed by atoms with Gasteiger partial charge in [-0.1, -0.05) is 24.3 Å². The van der Waals surface area contributed by atoms with Gasteiger partial charge in [-0.15, -0.1) is 0 Å². The van der Waals surface area contributed by atoms with E-state index in [-0.39, 0.29) is 0 Å². The van der Waals surface area contributed by atoms with E-state index >= 15 is 0 Å². The molecule has 1 aliphatic heterocycles. The number of nitrogens with zero attached hydrogens (tertiary/aromatic N) is 3. The van der Waals surface area contributed by atoms with Gasteiger partial charge in [0.2, 0.25) is 5.84 Å². The standard InChI is InChI=1S/C12H8N4/c13-14-7-11-15-9-5-1-3-8-4-2-6-10(16-11)12(8)9/h1-7H,(H,15,16). The second kappa shape index (κ2) is 3.29. The lowest BCUT2D eigenvalue weighted by atomic mass is 10.1. The molecule has 1 N–H and O–H groups in total. The first-order valence-corrected chi connectivity index (χ1v) is 4.93. The summed E-state index contributed by atoms with van der Waals surface area (Å²) in [6, 6.07) is 12.0. The number of aliphatic imine (C=N–C) groups is 1. The maximum atomic E-state index is 8.51. The number of anilines is 1. The molecule has 0 spiro atoms. The third-order valence-electron chi connectivity index (χ3n) is 2.57. The van der Waals surface area contributed by atoms with Gasteiger partial charge in [-0.2, -0.15) is 4.79 Å². The van der Waals surface area contributed by atoms with Crippen LogP contribution in [-0.4, -0.2) is 16.8 Å². The van der Waals surface area contributed by atoms with Crippen LogP contribution in [0.3, 0.4) is 0 Å². The van der Waals surface area contributed by atoms with Crippen LogP contribution in [0.15, 0.2) is 41.4 Å². The summed E-state index contributed by atoms with van der Waals surface area (Å²) in [5.74, 6) is 0.536. The largest absolute Gasteiger partial charge is 0.361 e. The summed E-state index contributed by atoms with van der Waals surface area (Å²) in [7, 11) is 0. The van der Waals surface area contributed by atoms with E-state index in [0.29, 0.717) is 5.84 Å². The van der Waals surface area contributed by atoms with Gasteiger partial charge in [0.25, 0.3) is 0 Å². The Kier molecular flexibility index (Phi) is 1.82. The van der Waals surface area contributed by atoms with E-state index < -0.39 is 0 Å². The summed E-state index contributed by atoms with van der Waals surface area (Å²) in [6.07, 6.45) is 1.29. The zero-order valence-corrected chi connectivity index (χ0v) is 8.38. The normalized spacial score (nSPS) is 12.6. The van der Waals surface area contributed by atoms with E-state index in [2.05, 4.69) is 15.1 Å². The van der Waals surface area contributed by atoms with E-state index in [9.17, 15) is 0 Å². The molecular weight excluding hydrogens is 200 g/mol. The minimum Gasteiger partial charge on any atom is -0.361 e. The molecule has 2 aromatic carbocycles. The summed E-state index contributed by atoms with van der Waals surface area (Å²) in [5.41, 5.74) is 10.4. The molecule has 76 valence electrons. The van der Waals surface area contributed by atoms with Crippen molar-refractivity contribution >= 4 is 34.2 Å². The Morgan fingerprint density at radius 2 is 2.00 bits per heavy atom. The van der Waals surface area contributed by atoms with Gasteiger partial charge >= 0.3 is 6.21 Å². The van der Waals surface area contributed by atoms with Gasteiger partial charge in [-0.25, -0.2) is 4.99 Å². The molecule has 2 aromatic rings. The fourth-order valence-corrected chi connectivity index (χ4v) is 1.93. The van der Waals surface area contributed by atoms with Crippen molar-refractivity contribution in [3.05, 3.63) is 41.9 Å². The smallest absolute Gasteiger partial charge is 0.322 e. The maximum Gasteiger partial charge on any atom is 0.322 e. The molecule has 4 nitrogen and oxygen atoms in total. The van der Waals surface area contributed by atoms with Crippen molar-refractivity contribution in [3.63, 3.8) is 0 Å². The number of rotatable bonds is 1. The van der Waals surface area contributed by atoms with E-state index in [4.69, 9.17) is 5.53 Å². The summed E-state index contributed by atoms with van der Waals surface area (Å²) in [5, 5.41) is 5.34. The molecule has 0 saturated carbocycles. The second-order valence-corrected chi connectivity index (χ2v) is 3.55. The molecular formula is C12H8N4. The quantitative estimate of drug-likeness (QED) is 0.437. The summed E-state index contributed by atoms with van der Waals surface area (Å²) in [6.45, 7) is 0. The molecule has 0 atom stereocenters. The lowest BCUT2D eigenvalue weighted by Gasteiger charge is -2.14. The molecule has 0 radical (unpaired) electrons. The lowest BCUT2D eigenvalue weighted by Crippen LogP contribution is -2.16. The molecule has 1 aliphatic rings. The van der Waals surface area contributed by atoms with Crippen LogP contribution >= 0.6 is 0 Å². The molecule has 0 bridgehead atoms. The fraction of sp³-hybridized carbons (Fsp3) is 0. The first kappa shape index (κ1) is 8.83. The van der Waals surface area contributed by atoms with Crippen LogP contribution in [0.2, 0.25) is 0 Å². The van der Waals surface area contributed by atoms with E-state index in [1.165, 1.54) is 6.21 Å². The van der Waals surface area contributed by atoms with Gasteiger partial charge < -0.3 is 10.8 Å². The highest BCUT2D eigenvalue weighted by Gasteiger charge is 2.14. The molecule has 3 rings (SSSR count). The Morgan fingerprint density at radius 1 is 1.19 bits per heavy atom. The van der Waals surface area contributed by atoms with Gasteiger partial charge in [-0.05, 0) is 17.5 Å². The predicted octanol–water partition coefficient (Wildman–Crippen LogP) is 2.60. The molecule has 0 aromatic heterocycles. The molecule has 4 heteroatoms. The molecule has 1 heterocycles. The maximum absolute atomic E-state index is 8.51. The number of hydrogen-bond acceptors (Lipinski definition) is 2. The third kappa shape index (κ3) is 1.21. The monoisotopic (exact) mass is 208 g/mol. The zero-order valence-electron chi connectivity index (χ0n) is 8.38. The van der Waals surface area contributed by atoms with Crippen LogP contribution in [0, 0.1) is 0 Å². The number of benzene rings is 2. The SMILES string of the molecule is [N-]=[N+]=CC1=Nc2cccc3cccc(c23)N1. The summed E-state index contributed by atoms with van der Waals surface area (Å²) in [4.78, 5) is 7.33. The summed E-state index contributed by atoms with van der Waals surface area (Å²) < 4.78 is 0. The number of amidine groups is 1. The van der Waals surface area contributed by atoms with Gasteiger partial charge in [0.05, 0.1) is 5.69 Å². The van der Waals surface area contributed by atoms with Crippen molar-refractivity contribution in [3.8, 4) is 0 Å². The number of nitrogens with one attached hydrogen (secondary N) is 1. The Balaban J connectivity index is 2.35. The highest BCUT2D eigenvalue weighted by molar-refractivity contribution is 6.36. The molecule has 0 aliphatic carbocycles. The van der Waals surface area contributed by atoms with Crippen LogP contribution in [0.4, 0.5) is 11.4 Å². The second-order valence-electron chi connectivity index (χ2n) is 3.55. The minimum atomic E-state index is 0.536. The first-order valence-electron chi connectivity index (χ1n) is 4.93. The molecule has 0 amide bonds. The van der Waals surface area contributed by atoms with Gasteiger partial charge in [-0.3, -0.25) is 0 Å². The average molecular weight is 208 g/mol. The Morgan fingerprint density at radius 3 is 2.81 bits per heavy atom. The minimum absolute atomic E-state index is 0.536. The van der Waals surface area contributed by atoms with Crippen molar-refractivity contribution < 1.29 is 4.79 Å². The molecule has 16 heavy (non-hydrogen) atoms. The van der Waals surface area contributed by atoms with E-state index in [1.54, 1.807) is 0 Å². The van der Waals surface area contributed by atoms with Crippen LogP contribution in [-0.2, 0) is 0 Å². The Labute approximate surface area is 91.9 Å². The van der Waals surface area contributed by atoms with Crippen molar-refractivity contribution in [1.82, 2.24) is 0 Å². The topological polar surface area (TPSA) is 60.8 Å². The summed E-state index contributed by atoms with van der Waals surface area (Å²) >= 11 is 0. The van der Waals surface area contributed by atoms with Crippen molar-refractivity contribution in [2.45, 2.75) is 0 Å². The highest BCUT2D eigenvalue weighted by atomic mass is 15.0. The lowest BCUT2D eigenvalue weighted by molar-refractivity contribution is 0.00659. The third-order valence-corrected chi connectivity index (χ3v) is 2.57. The Bertz CT molecular complexity index is 646.